The molecule has 33 heavy (non-hydrogen) atoms. The number of methoxy groups -OCH3 is 1. The van der Waals surface area contributed by atoms with Crippen LogP contribution in [-0.4, -0.2) is 38.7 Å². The van der Waals surface area contributed by atoms with Crippen molar-refractivity contribution in [2.24, 2.45) is 0 Å². The minimum atomic E-state index is -3.94. The third kappa shape index (κ3) is 5.97. The van der Waals surface area contributed by atoms with Gasteiger partial charge in [0.2, 0.25) is 15.9 Å². The fraction of sp³-hybridized carbons (Fsp3) is 0.167. The van der Waals surface area contributed by atoms with E-state index in [2.05, 4.69) is 10.6 Å². The molecule has 0 aliphatic rings. The highest BCUT2D eigenvalue weighted by Gasteiger charge is 2.26. The van der Waals surface area contributed by atoms with Crippen LogP contribution in [0.25, 0.3) is 0 Å². The van der Waals surface area contributed by atoms with Gasteiger partial charge in [0.25, 0.3) is 5.91 Å². The molecule has 0 bridgehead atoms. The predicted molar refractivity (Wildman–Crippen MR) is 127 cm³/mol. The van der Waals surface area contributed by atoms with Gasteiger partial charge in [0, 0.05) is 37.5 Å². The summed E-state index contributed by atoms with van der Waals surface area (Å²) in [5, 5.41) is 5.37. The second-order valence-corrected chi connectivity index (χ2v) is 9.34. The summed E-state index contributed by atoms with van der Waals surface area (Å²) in [6, 6.07) is 20.0. The molecule has 0 fully saturated rings. The first-order valence-electron chi connectivity index (χ1n) is 10.1. The van der Waals surface area contributed by atoms with Gasteiger partial charge in [0.05, 0.1) is 7.11 Å². The van der Waals surface area contributed by atoms with Crippen molar-refractivity contribution < 1.29 is 22.7 Å². The normalized spacial score (nSPS) is 11.2. The number of anilines is 2. The van der Waals surface area contributed by atoms with Crippen LogP contribution in [-0.2, 0) is 21.4 Å². The Morgan fingerprint density at radius 2 is 1.52 bits per heavy atom. The van der Waals surface area contributed by atoms with Crippen LogP contribution in [0.3, 0.4) is 0 Å². The number of hydrogen-bond donors (Lipinski definition) is 2. The average molecular weight is 468 g/mol. The highest BCUT2D eigenvalue weighted by atomic mass is 32.2. The molecule has 3 rings (SSSR count). The van der Waals surface area contributed by atoms with Crippen molar-refractivity contribution >= 4 is 33.2 Å². The van der Waals surface area contributed by atoms with E-state index < -0.39 is 15.9 Å². The number of amides is 2. The Kier molecular flexibility index (Phi) is 7.47. The lowest BCUT2D eigenvalue weighted by Gasteiger charge is -2.19. The maximum absolute atomic E-state index is 13.3. The van der Waals surface area contributed by atoms with Gasteiger partial charge in [0.15, 0.2) is 0 Å². The van der Waals surface area contributed by atoms with Gasteiger partial charge in [-0.3, -0.25) is 9.59 Å². The fourth-order valence-corrected chi connectivity index (χ4v) is 4.49. The Bertz CT molecular complexity index is 1240. The van der Waals surface area contributed by atoms with Crippen LogP contribution in [0.5, 0.6) is 5.75 Å². The van der Waals surface area contributed by atoms with Crippen molar-refractivity contribution in [2.75, 3.05) is 24.8 Å². The van der Waals surface area contributed by atoms with Crippen molar-refractivity contribution in [3.63, 3.8) is 0 Å². The lowest BCUT2D eigenvalue weighted by molar-refractivity contribution is -0.114. The summed E-state index contributed by atoms with van der Waals surface area (Å²) in [5.74, 6) is -0.533. The lowest BCUT2D eigenvalue weighted by Crippen LogP contribution is -2.27. The van der Waals surface area contributed by atoms with Crippen LogP contribution in [0.1, 0.15) is 22.8 Å². The van der Waals surface area contributed by atoms with Gasteiger partial charge in [-0.1, -0.05) is 30.3 Å². The molecule has 0 saturated heterocycles. The van der Waals surface area contributed by atoms with Crippen molar-refractivity contribution in [2.45, 2.75) is 18.4 Å². The summed E-state index contributed by atoms with van der Waals surface area (Å²) in [5.41, 5.74) is 2.09. The molecule has 0 aliphatic carbocycles. The molecule has 172 valence electrons. The standard InChI is InChI=1S/C24H25N3O5S/c1-17(28)25-20-10-12-21(13-11-20)26-24(29)19-9-14-22(32-3)23(15-19)33(30,31)27(2)16-18-7-5-4-6-8-18/h4-15H,16H2,1-3H3,(H,25,28)(H,26,29). The zero-order chi connectivity index (χ0) is 24.0. The monoisotopic (exact) mass is 467 g/mol. The number of hydrogen-bond acceptors (Lipinski definition) is 5. The predicted octanol–water partition coefficient (Wildman–Crippen LogP) is 3.73. The summed E-state index contributed by atoms with van der Waals surface area (Å²) in [4.78, 5) is 23.8. The van der Waals surface area contributed by atoms with Crippen LogP contribution < -0.4 is 15.4 Å². The highest BCUT2D eigenvalue weighted by Crippen LogP contribution is 2.28. The Hall–Kier alpha value is -3.69. The molecule has 0 aromatic heterocycles. The number of sulfonamides is 1. The van der Waals surface area contributed by atoms with Crippen LogP contribution in [0.4, 0.5) is 11.4 Å². The molecule has 0 heterocycles. The Balaban J connectivity index is 1.83. The van der Waals surface area contributed by atoms with Gasteiger partial charge in [0.1, 0.15) is 10.6 Å². The molecule has 0 radical (unpaired) electrons. The van der Waals surface area contributed by atoms with E-state index in [-0.39, 0.29) is 28.7 Å². The molecule has 0 aliphatic heterocycles. The number of ether oxygens (including phenoxy) is 1. The quantitative estimate of drug-likeness (QED) is 0.525. The summed E-state index contributed by atoms with van der Waals surface area (Å²) < 4.78 is 33.0. The molecule has 0 saturated carbocycles. The molecule has 0 unspecified atom stereocenters. The average Bonchev–Trinajstić information content (AvgIpc) is 2.80. The number of benzene rings is 3. The first kappa shape index (κ1) is 24.0. The van der Waals surface area contributed by atoms with E-state index in [1.54, 1.807) is 24.3 Å². The largest absolute Gasteiger partial charge is 0.495 e. The fourth-order valence-electron chi connectivity index (χ4n) is 3.16. The third-order valence-electron chi connectivity index (χ3n) is 4.83. The molecule has 0 atom stereocenters. The molecule has 9 heteroatoms. The van der Waals surface area contributed by atoms with Gasteiger partial charge in [-0.25, -0.2) is 8.42 Å². The molecule has 3 aromatic rings. The third-order valence-corrected chi connectivity index (χ3v) is 6.65. The molecule has 3 aromatic carbocycles. The SMILES string of the molecule is COc1ccc(C(=O)Nc2ccc(NC(C)=O)cc2)cc1S(=O)(=O)N(C)Cc1ccccc1. The Labute approximate surface area is 193 Å². The molecule has 0 spiro atoms. The number of nitrogens with zero attached hydrogens (tertiary/aromatic N) is 1. The van der Waals surface area contributed by atoms with Crippen molar-refractivity contribution in [3.05, 3.63) is 83.9 Å². The molecule has 8 nitrogen and oxygen atoms in total. The zero-order valence-electron chi connectivity index (χ0n) is 18.5. The van der Waals surface area contributed by atoms with Crippen LogP contribution in [0, 0.1) is 0 Å². The maximum atomic E-state index is 13.3. The second kappa shape index (κ2) is 10.3. The number of rotatable bonds is 8. The van der Waals surface area contributed by atoms with Crippen molar-refractivity contribution in [3.8, 4) is 5.75 Å². The molecule has 2 amide bonds. The van der Waals surface area contributed by atoms with E-state index in [4.69, 9.17) is 4.74 Å². The zero-order valence-corrected chi connectivity index (χ0v) is 19.3. The van der Waals surface area contributed by atoms with E-state index in [1.807, 2.05) is 30.3 Å². The topological polar surface area (TPSA) is 105 Å². The van der Waals surface area contributed by atoms with Crippen LogP contribution in [0.2, 0.25) is 0 Å². The van der Waals surface area contributed by atoms with E-state index in [1.165, 1.54) is 43.6 Å². The second-order valence-electron chi connectivity index (χ2n) is 7.32. The van der Waals surface area contributed by atoms with E-state index in [0.717, 1.165) is 5.56 Å². The number of carbonyl (C=O) groups is 2. The van der Waals surface area contributed by atoms with Crippen LogP contribution >= 0.6 is 0 Å². The summed E-state index contributed by atoms with van der Waals surface area (Å²) in [6.45, 7) is 1.58. The maximum Gasteiger partial charge on any atom is 0.255 e. The Morgan fingerprint density at radius 3 is 2.09 bits per heavy atom. The Morgan fingerprint density at radius 1 is 0.909 bits per heavy atom. The number of carbonyl (C=O) groups excluding carboxylic acids is 2. The summed E-state index contributed by atoms with van der Waals surface area (Å²) in [6.07, 6.45) is 0. The smallest absolute Gasteiger partial charge is 0.255 e. The summed E-state index contributed by atoms with van der Waals surface area (Å²) in [7, 11) is -1.08. The summed E-state index contributed by atoms with van der Waals surface area (Å²) >= 11 is 0. The number of nitrogens with one attached hydrogen (secondary N) is 2. The van der Waals surface area contributed by atoms with Gasteiger partial charge < -0.3 is 15.4 Å². The van der Waals surface area contributed by atoms with Crippen molar-refractivity contribution in [1.29, 1.82) is 0 Å². The van der Waals surface area contributed by atoms with E-state index in [0.29, 0.717) is 11.4 Å². The minimum absolute atomic E-state index is 0.0999. The van der Waals surface area contributed by atoms with Gasteiger partial charge >= 0.3 is 0 Å². The first-order valence-corrected chi connectivity index (χ1v) is 11.5. The molecular weight excluding hydrogens is 442 g/mol. The molecular formula is C24H25N3O5S. The molecule has 2 N–H and O–H groups in total. The van der Waals surface area contributed by atoms with Crippen LogP contribution in [0.15, 0.2) is 77.7 Å². The van der Waals surface area contributed by atoms with E-state index in [9.17, 15) is 18.0 Å². The van der Waals surface area contributed by atoms with E-state index >= 15 is 0 Å². The first-order chi connectivity index (χ1) is 15.7. The lowest BCUT2D eigenvalue weighted by atomic mass is 10.2. The van der Waals surface area contributed by atoms with Gasteiger partial charge in [-0.15, -0.1) is 0 Å². The van der Waals surface area contributed by atoms with Gasteiger partial charge in [-0.2, -0.15) is 4.31 Å². The minimum Gasteiger partial charge on any atom is -0.495 e. The van der Waals surface area contributed by atoms with Gasteiger partial charge in [-0.05, 0) is 48.0 Å². The van der Waals surface area contributed by atoms with Crippen molar-refractivity contribution in [1.82, 2.24) is 4.31 Å². The highest BCUT2D eigenvalue weighted by molar-refractivity contribution is 7.89.